The summed E-state index contributed by atoms with van der Waals surface area (Å²) in [7, 11) is 0. The molecule has 8 rings (SSSR count). The predicted molar refractivity (Wildman–Crippen MR) is 191 cm³/mol. The van der Waals surface area contributed by atoms with E-state index in [0.29, 0.717) is 58.8 Å². The van der Waals surface area contributed by atoms with Crippen LogP contribution in [0.25, 0.3) is 4.85 Å². The summed E-state index contributed by atoms with van der Waals surface area (Å²) in [5, 5.41) is 2.58. The Labute approximate surface area is 306 Å². The van der Waals surface area contributed by atoms with Crippen LogP contribution in [0.5, 0.6) is 5.75 Å². The van der Waals surface area contributed by atoms with Crippen molar-refractivity contribution in [1.82, 2.24) is 20.0 Å². The molecule has 3 aromatic carbocycles. The molecule has 0 aromatic heterocycles. The number of piperidine rings is 2. The average Bonchev–Trinajstić information content (AvgIpc) is 3.66. The number of benzene rings is 3. The van der Waals surface area contributed by atoms with Gasteiger partial charge in [0.15, 0.2) is 0 Å². The molecular weight excluding hydrogens is 684 g/mol. The normalized spacial score (nSPS) is 22.8. The number of carbonyl (C=O) groups is 5. The van der Waals surface area contributed by atoms with Crippen LogP contribution in [0.2, 0.25) is 5.02 Å². The van der Waals surface area contributed by atoms with Crippen LogP contribution in [0.3, 0.4) is 0 Å². The van der Waals surface area contributed by atoms with Crippen molar-refractivity contribution in [3.8, 4) is 5.75 Å². The maximum atomic E-state index is 13.5. The van der Waals surface area contributed by atoms with Gasteiger partial charge in [0.1, 0.15) is 17.9 Å². The number of nitrogens with zero attached hydrogens (tertiary/aromatic N) is 5. The number of ether oxygens (including phenoxy) is 1. The maximum Gasteiger partial charge on any atom is 0.262 e. The highest BCUT2D eigenvalue weighted by Gasteiger charge is 2.51. The minimum absolute atomic E-state index is 0.0526. The van der Waals surface area contributed by atoms with Gasteiger partial charge in [-0.1, -0.05) is 17.7 Å². The van der Waals surface area contributed by atoms with Gasteiger partial charge in [0, 0.05) is 49.9 Å². The Hall–Kier alpha value is -5.25. The molecule has 2 atom stereocenters. The number of imide groups is 2. The third-order valence-corrected chi connectivity index (χ3v) is 11.7. The number of amides is 5. The van der Waals surface area contributed by atoms with E-state index in [4.69, 9.17) is 22.9 Å². The van der Waals surface area contributed by atoms with E-state index in [1.807, 2.05) is 55.1 Å². The molecule has 0 radical (unpaired) electrons. The Morgan fingerprint density at radius 3 is 2.15 bits per heavy atom. The molecule has 0 spiro atoms. The van der Waals surface area contributed by atoms with Crippen LogP contribution < -0.4 is 15.0 Å². The largest absolute Gasteiger partial charge is 0.486 e. The van der Waals surface area contributed by atoms with Gasteiger partial charge in [-0.15, -0.1) is 0 Å². The molecule has 3 aromatic rings. The number of fused-ring (bicyclic) bond motifs is 2. The molecule has 5 heterocycles. The summed E-state index contributed by atoms with van der Waals surface area (Å²) >= 11 is 6.18. The molecule has 0 bridgehead atoms. The molecular formula is C39H37ClN6O6. The molecule has 266 valence electrons. The third-order valence-electron chi connectivity index (χ3n) is 11.4. The van der Waals surface area contributed by atoms with Gasteiger partial charge in [-0.3, -0.25) is 39.1 Å². The van der Waals surface area contributed by atoms with Gasteiger partial charge in [0.05, 0.1) is 34.8 Å². The van der Waals surface area contributed by atoms with Crippen LogP contribution in [0.1, 0.15) is 81.7 Å². The summed E-state index contributed by atoms with van der Waals surface area (Å²) in [5.74, 6) is -1.44. The fourth-order valence-corrected chi connectivity index (χ4v) is 8.35. The highest BCUT2D eigenvalue weighted by atomic mass is 35.5. The van der Waals surface area contributed by atoms with E-state index in [1.165, 1.54) is 0 Å². The van der Waals surface area contributed by atoms with E-state index < -0.39 is 35.2 Å². The van der Waals surface area contributed by atoms with Crippen molar-refractivity contribution in [2.24, 2.45) is 0 Å². The van der Waals surface area contributed by atoms with Gasteiger partial charge < -0.3 is 14.5 Å². The van der Waals surface area contributed by atoms with E-state index in [1.54, 1.807) is 18.2 Å². The van der Waals surface area contributed by atoms with Gasteiger partial charge in [-0.2, -0.15) is 0 Å². The van der Waals surface area contributed by atoms with Crippen LogP contribution in [-0.4, -0.2) is 87.6 Å². The minimum Gasteiger partial charge on any atom is -0.486 e. The summed E-state index contributed by atoms with van der Waals surface area (Å²) in [6.07, 6.45) is 1.91. The topological polar surface area (TPSA) is 124 Å². The summed E-state index contributed by atoms with van der Waals surface area (Å²) in [5.41, 5.74) is 4.23. The molecule has 5 amide bonds. The molecule has 3 saturated heterocycles. The summed E-state index contributed by atoms with van der Waals surface area (Å²) in [6, 6.07) is 15.8. The average molecular weight is 721 g/mol. The van der Waals surface area contributed by atoms with Crippen LogP contribution in [-0.2, 0) is 22.7 Å². The van der Waals surface area contributed by atoms with Crippen molar-refractivity contribution in [1.29, 1.82) is 0 Å². The highest BCUT2D eigenvalue weighted by molar-refractivity contribution is 6.33. The molecule has 13 heteroatoms. The molecule has 3 fully saturated rings. The fraction of sp³-hybridized carbons (Fsp3) is 0.385. The summed E-state index contributed by atoms with van der Waals surface area (Å²) in [4.78, 5) is 75.1. The molecule has 5 aliphatic heterocycles. The Balaban J connectivity index is 0.848. The lowest BCUT2D eigenvalue weighted by molar-refractivity contribution is -0.136. The predicted octanol–water partition coefficient (Wildman–Crippen LogP) is 4.96. The van der Waals surface area contributed by atoms with E-state index >= 15 is 0 Å². The van der Waals surface area contributed by atoms with Crippen molar-refractivity contribution in [3.63, 3.8) is 0 Å². The highest BCUT2D eigenvalue weighted by Crippen LogP contribution is 2.38. The number of carbonyl (C=O) groups excluding carboxylic acids is 5. The van der Waals surface area contributed by atoms with Gasteiger partial charge >= 0.3 is 0 Å². The first-order valence-corrected chi connectivity index (χ1v) is 17.9. The first kappa shape index (κ1) is 33.9. The van der Waals surface area contributed by atoms with Crippen molar-refractivity contribution in [2.75, 3.05) is 24.5 Å². The second-order valence-electron chi connectivity index (χ2n) is 14.7. The first-order valence-electron chi connectivity index (χ1n) is 17.5. The maximum absolute atomic E-state index is 13.5. The second-order valence-corrected chi connectivity index (χ2v) is 15.1. The molecule has 1 unspecified atom stereocenters. The van der Waals surface area contributed by atoms with Crippen molar-refractivity contribution in [2.45, 2.75) is 76.3 Å². The first-order chi connectivity index (χ1) is 24.9. The molecule has 52 heavy (non-hydrogen) atoms. The second kappa shape index (κ2) is 12.8. The van der Waals surface area contributed by atoms with E-state index in [9.17, 15) is 24.0 Å². The van der Waals surface area contributed by atoms with E-state index in [2.05, 4.69) is 20.0 Å². The zero-order valence-corrected chi connectivity index (χ0v) is 29.6. The number of rotatable bonds is 6. The van der Waals surface area contributed by atoms with Crippen molar-refractivity contribution in [3.05, 3.63) is 98.9 Å². The molecule has 0 aliphatic carbocycles. The van der Waals surface area contributed by atoms with Crippen molar-refractivity contribution >= 4 is 52.5 Å². The van der Waals surface area contributed by atoms with Gasteiger partial charge in [0.25, 0.3) is 17.7 Å². The Morgan fingerprint density at radius 2 is 1.58 bits per heavy atom. The lowest BCUT2D eigenvalue weighted by Gasteiger charge is -2.54. The number of halogens is 1. The van der Waals surface area contributed by atoms with E-state index in [0.717, 1.165) is 47.6 Å². The lowest BCUT2D eigenvalue weighted by atomic mass is 9.84. The number of likely N-dealkylation sites (tertiary alicyclic amines) is 1. The fourth-order valence-electron chi connectivity index (χ4n) is 8.14. The number of nitrogens with one attached hydrogen (secondary N) is 1. The van der Waals surface area contributed by atoms with Crippen LogP contribution >= 0.6 is 11.6 Å². The third kappa shape index (κ3) is 5.68. The van der Waals surface area contributed by atoms with Crippen molar-refractivity contribution < 1.29 is 28.7 Å². The number of hydrogen-bond acceptors (Lipinski definition) is 8. The monoisotopic (exact) mass is 720 g/mol. The Morgan fingerprint density at radius 1 is 0.923 bits per heavy atom. The molecule has 0 saturated carbocycles. The van der Waals surface area contributed by atoms with Crippen LogP contribution in [0.15, 0.2) is 54.6 Å². The van der Waals surface area contributed by atoms with Gasteiger partial charge in [0.2, 0.25) is 17.5 Å². The quantitative estimate of drug-likeness (QED) is 0.280. The number of anilines is 1. The molecule has 12 nitrogen and oxygen atoms in total. The summed E-state index contributed by atoms with van der Waals surface area (Å²) < 4.78 is 6.14. The van der Waals surface area contributed by atoms with Crippen LogP contribution in [0, 0.1) is 6.57 Å². The Bertz CT molecular complexity index is 2040. The SMILES string of the molecule is [C-]#[N+]c1ccc(O[C@@H]2CN(C(=O)c3ccc(N4CCC(N5Cc6cc7c(cc6C5)C(=O)N(C5CCC(=O)NC5=O)C7=O)CC4)cc3)C2(C)C)cc1Cl. The standard InChI is InChI=1S/C39H37ClN6O6/c1-39(2)33(52-27-8-9-31(41-3)30(40)18-27)21-45(39)36(49)22-4-6-25(7-5-22)43-14-12-26(13-15-43)44-19-23-16-28-29(17-24(23)20-44)38(51)46(37(28)50)32-10-11-34(47)42-35(32)48/h4-9,16-18,26,32-33H,10-15,19-21H2,1-2H3,(H,42,47,48)/t32?,33-/m1/s1. The van der Waals surface area contributed by atoms with Gasteiger partial charge in [-0.25, -0.2) is 4.85 Å². The minimum atomic E-state index is -0.970. The smallest absolute Gasteiger partial charge is 0.262 e. The zero-order chi connectivity index (χ0) is 36.5. The van der Waals surface area contributed by atoms with Gasteiger partial charge in [-0.05, 0) is 92.8 Å². The zero-order valence-electron chi connectivity index (χ0n) is 28.9. The Kier molecular flexibility index (Phi) is 8.31. The van der Waals surface area contributed by atoms with Crippen LogP contribution in [0.4, 0.5) is 11.4 Å². The van der Waals surface area contributed by atoms with E-state index in [-0.39, 0.29) is 24.9 Å². The number of hydrogen-bond donors (Lipinski definition) is 1. The molecule has 1 N–H and O–H groups in total. The molecule has 5 aliphatic rings. The lowest BCUT2D eigenvalue weighted by Crippen LogP contribution is -2.71. The summed E-state index contributed by atoms with van der Waals surface area (Å²) in [6.45, 7) is 14.7.